The summed E-state index contributed by atoms with van der Waals surface area (Å²) in [7, 11) is 0. The van der Waals surface area contributed by atoms with E-state index in [-0.39, 0.29) is 24.8 Å². The normalized spacial score (nSPS) is 13.8. The average Bonchev–Trinajstić information content (AvgIpc) is 3.34. The lowest BCUT2D eigenvalue weighted by Crippen LogP contribution is -2.14. The van der Waals surface area contributed by atoms with Gasteiger partial charge >= 0.3 is 5.97 Å². The first-order chi connectivity index (χ1) is 14.1. The number of ether oxygens (including phenoxy) is 3. The monoisotopic (exact) mass is 390 g/mol. The predicted molar refractivity (Wildman–Crippen MR) is 105 cm³/mol. The van der Waals surface area contributed by atoms with Crippen LogP contribution in [-0.4, -0.2) is 18.4 Å². The summed E-state index contributed by atoms with van der Waals surface area (Å²) in [6.45, 7) is 1.73. The molecule has 1 aliphatic rings. The van der Waals surface area contributed by atoms with Crippen molar-refractivity contribution in [3.63, 3.8) is 0 Å². The van der Waals surface area contributed by atoms with Crippen LogP contribution in [-0.2, 0) is 16.1 Å². The van der Waals surface area contributed by atoms with Crippen LogP contribution in [0.5, 0.6) is 11.5 Å². The summed E-state index contributed by atoms with van der Waals surface area (Å²) in [6, 6.07) is 16.1. The van der Waals surface area contributed by atoms with Crippen LogP contribution in [0.3, 0.4) is 0 Å². The van der Waals surface area contributed by atoms with Crippen molar-refractivity contribution in [2.24, 2.45) is 0 Å². The average molecular weight is 390 g/mol. The first kappa shape index (κ1) is 18.6. The largest absolute Gasteiger partial charge is 0.482 e. The molecule has 6 nitrogen and oxygen atoms in total. The van der Waals surface area contributed by atoms with Crippen molar-refractivity contribution in [3.8, 4) is 11.5 Å². The van der Waals surface area contributed by atoms with E-state index in [9.17, 15) is 9.59 Å². The third-order valence-electron chi connectivity index (χ3n) is 4.36. The topological polar surface area (TPSA) is 75.0 Å². The number of aryl methyl sites for hydroxylation is 1. The number of esters is 1. The lowest BCUT2D eigenvalue weighted by molar-refractivity contribution is -0.147. The molecular weight excluding hydrogens is 372 g/mol. The number of hydrogen-bond donors (Lipinski definition) is 0. The fourth-order valence-electron chi connectivity index (χ4n) is 2.99. The standard InChI is InChI=1S/C23H18O6/c1-15-10-18(27-14-21(24)28-13-16-6-3-2-4-7-16)12-19-22(15)23(25)20(29-19)11-17-8-5-9-26-17/h2-12H,13-14H2,1H3/b20-11-. The Morgan fingerprint density at radius 3 is 2.69 bits per heavy atom. The Bertz CT molecular complexity index is 1060. The van der Waals surface area contributed by atoms with Crippen LogP contribution in [0, 0.1) is 6.92 Å². The van der Waals surface area contributed by atoms with Gasteiger partial charge in [-0.1, -0.05) is 30.3 Å². The number of allylic oxidation sites excluding steroid dienone is 1. The highest BCUT2D eigenvalue weighted by atomic mass is 16.6. The fraction of sp³-hybridized carbons (Fsp3) is 0.130. The van der Waals surface area contributed by atoms with Gasteiger partial charge in [0.25, 0.3) is 0 Å². The molecule has 0 fully saturated rings. The zero-order chi connectivity index (χ0) is 20.2. The fourth-order valence-corrected chi connectivity index (χ4v) is 2.99. The Hall–Kier alpha value is -3.80. The summed E-state index contributed by atoms with van der Waals surface area (Å²) >= 11 is 0. The number of carbonyl (C=O) groups excluding carboxylic acids is 2. The number of benzene rings is 2. The molecule has 1 aromatic heterocycles. The second kappa shape index (κ2) is 8.06. The molecule has 0 radical (unpaired) electrons. The summed E-state index contributed by atoms with van der Waals surface area (Å²) in [5.74, 6) is 0.810. The van der Waals surface area contributed by atoms with Gasteiger partial charge < -0.3 is 18.6 Å². The Kier molecular flexibility index (Phi) is 5.16. The maximum Gasteiger partial charge on any atom is 0.344 e. The van der Waals surface area contributed by atoms with Crippen LogP contribution < -0.4 is 9.47 Å². The second-order valence-corrected chi connectivity index (χ2v) is 6.50. The minimum absolute atomic E-state index is 0.178. The highest BCUT2D eigenvalue weighted by molar-refractivity contribution is 6.15. The van der Waals surface area contributed by atoms with Gasteiger partial charge in [-0.25, -0.2) is 4.79 Å². The highest BCUT2D eigenvalue weighted by Gasteiger charge is 2.30. The third-order valence-corrected chi connectivity index (χ3v) is 4.36. The molecule has 29 heavy (non-hydrogen) atoms. The van der Waals surface area contributed by atoms with E-state index in [0.717, 1.165) is 5.56 Å². The van der Waals surface area contributed by atoms with E-state index in [4.69, 9.17) is 18.6 Å². The molecule has 0 aliphatic carbocycles. The number of rotatable bonds is 6. The molecule has 0 amide bonds. The molecule has 0 N–H and O–H groups in total. The van der Waals surface area contributed by atoms with Crippen LogP contribution in [0.15, 0.2) is 71.0 Å². The van der Waals surface area contributed by atoms with Crippen molar-refractivity contribution in [1.82, 2.24) is 0 Å². The van der Waals surface area contributed by atoms with Gasteiger partial charge in [-0.05, 0) is 36.2 Å². The van der Waals surface area contributed by atoms with Gasteiger partial charge in [0, 0.05) is 12.1 Å². The molecular formula is C23H18O6. The Morgan fingerprint density at radius 2 is 1.93 bits per heavy atom. The van der Waals surface area contributed by atoms with Crippen LogP contribution in [0.1, 0.15) is 27.2 Å². The van der Waals surface area contributed by atoms with Crippen molar-refractivity contribution in [2.75, 3.05) is 6.61 Å². The minimum Gasteiger partial charge on any atom is -0.482 e. The smallest absolute Gasteiger partial charge is 0.344 e. The van der Waals surface area contributed by atoms with E-state index in [1.807, 2.05) is 30.3 Å². The van der Waals surface area contributed by atoms with Gasteiger partial charge in [0.1, 0.15) is 23.9 Å². The van der Waals surface area contributed by atoms with Crippen molar-refractivity contribution in [3.05, 3.63) is 89.1 Å². The first-order valence-corrected chi connectivity index (χ1v) is 9.05. The van der Waals surface area contributed by atoms with Crippen LogP contribution in [0.25, 0.3) is 6.08 Å². The summed E-state index contributed by atoms with van der Waals surface area (Å²) in [5.41, 5.74) is 2.07. The molecule has 0 unspecified atom stereocenters. The first-order valence-electron chi connectivity index (χ1n) is 9.05. The molecule has 3 aromatic rings. The summed E-state index contributed by atoms with van der Waals surface area (Å²) in [4.78, 5) is 24.5. The number of carbonyl (C=O) groups is 2. The molecule has 1 aliphatic heterocycles. The van der Waals surface area contributed by atoms with Crippen molar-refractivity contribution in [1.29, 1.82) is 0 Å². The van der Waals surface area contributed by atoms with Crippen LogP contribution in [0.2, 0.25) is 0 Å². The van der Waals surface area contributed by atoms with E-state index in [2.05, 4.69) is 0 Å². The maximum absolute atomic E-state index is 12.6. The Labute approximate surface area is 167 Å². The van der Waals surface area contributed by atoms with E-state index in [1.165, 1.54) is 6.26 Å². The Morgan fingerprint density at radius 1 is 1.10 bits per heavy atom. The van der Waals surface area contributed by atoms with Gasteiger partial charge in [0.05, 0.1) is 11.8 Å². The molecule has 2 heterocycles. The quantitative estimate of drug-likeness (QED) is 0.461. The number of ketones is 1. The van der Waals surface area contributed by atoms with Crippen molar-refractivity contribution >= 4 is 17.8 Å². The van der Waals surface area contributed by atoms with Crippen molar-refractivity contribution < 1.29 is 28.2 Å². The number of furan rings is 1. The molecule has 0 bridgehead atoms. The van der Waals surface area contributed by atoms with Crippen LogP contribution in [0.4, 0.5) is 0 Å². The van der Waals surface area contributed by atoms with Gasteiger partial charge in [0.2, 0.25) is 5.78 Å². The summed E-state index contributed by atoms with van der Waals surface area (Å²) < 4.78 is 21.6. The van der Waals surface area contributed by atoms with Gasteiger partial charge in [-0.15, -0.1) is 0 Å². The minimum atomic E-state index is -0.484. The number of Topliss-reactive ketones (excluding diaryl/α,β-unsaturated/α-hetero) is 1. The molecule has 0 atom stereocenters. The summed E-state index contributed by atoms with van der Waals surface area (Å²) in [5, 5.41) is 0. The second-order valence-electron chi connectivity index (χ2n) is 6.50. The van der Waals surface area contributed by atoms with Crippen molar-refractivity contribution in [2.45, 2.75) is 13.5 Å². The lowest BCUT2D eigenvalue weighted by atomic mass is 10.0. The third kappa shape index (κ3) is 4.21. The van der Waals surface area contributed by atoms with E-state index in [0.29, 0.717) is 28.4 Å². The van der Waals surface area contributed by atoms with E-state index < -0.39 is 5.97 Å². The SMILES string of the molecule is Cc1cc(OCC(=O)OCc2ccccc2)cc2c1C(=O)/C(=C/c1ccco1)O2. The van der Waals surface area contributed by atoms with E-state index in [1.54, 1.807) is 37.3 Å². The highest BCUT2D eigenvalue weighted by Crippen LogP contribution is 2.37. The molecule has 0 saturated carbocycles. The number of fused-ring (bicyclic) bond motifs is 1. The predicted octanol–water partition coefficient (Wildman–Crippen LogP) is 4.33. The molecule has 6 heteroatoms. The number of hydrogen-bond acceptors (Lipinski definition) is 6. The molecule has 2 aromatic carbocycles. The summed E-state index contributed by atoms with van der Waals surface area (Å²) in [6.07, 6.45) is 3.07. The molecule has 4 rings (SSSR count). The maximum atomic E-state index is 12.6. The van der Waals surface area contributed by atoms with Gasteiger partial charge in [-0.3, -0.25) is 4.79 Å². The molecule has 0 saturated heterocycles. The van der Waals surface area contributed by atoms with E-state index >= 15 is 0 Å². The molecule has 146 valence electrons. The lowest BCUT2D eigenvalue weighted by Gasteiger charge is -2.09. The Balaban J connectivity index is 1.40. The van der Waals surface area contributed by atoms with Gasteiger partial charge in [0.15, 0.2) is 12.4 Å². The van der Waals surface area contributed by atoms with Crippen LogP contribution >= 0.6 is 0 Å². The zero-order valence-electron chi connectivity index (χ0n) is 15.7. The zero-order valence-corrected chi connectivity index (χ0v) is 15.7. The van der Waals surface area contributed by atoms with Gasteiger partial charge in [-0.2, -0.15) is 0 Å². The molecule has 0 spiro atoms.